The molecule has 0 spiro atoms. The quantitative estimate of drug-likeness (QED) is 0.432. The van der Waals surface area contributed by atoms with Crippen molar-refractivity contribution in [2.45, 2.75) is 13.0 Å². The van der Waals surface area contributed by atoms with Gasteiger partial charge in [0.15, 0.2) is 23.1 Å². The van der Waals surface area contributed by atoms with Crippen molar-refractivity contribution < 1.29 is 13.5 Å². The first-order valence-corrected chi connectivity index (χ1v) is 10.7. The van der Waals surface area contributed by atoms with Crippen LogP contribution in [0.15, 0.2) is 24.8 Å². The normalized spacial score (nSPS) is 16.3. The molecule has 10 nitrogen and oxygen atoms in total. The lowest BCUT2D eigenvalue weighted by atomic mass is 10.1. The van der Waals surface area contributed by atoms with Crippen molar-refractivity contribution in [3.8, 4) is 0 Å². The number of nitrogens with one attached hydrogen (secondary N) is 3. The van der Waals surface area contributed by atoms with Crippen molar-refractivity contribution in [1.82, 2.24) is 29.9 Å². The van der Waals surface area contributed by atoms with E-state index in [9.17, 15) is 8.78 Å². The summed E-state index contributed by atoms with van der Waals surface area (Å²) < 4.78 is 35.0. The Morgan fingerprint density at radius 1 is 0.939 bits per heavy atom. The van der Waals surface area contributed by atoms with Crippen LogP contribution in [-0.2, 0) is 17.7 Å². The van der Waals surface area contributed by atoms with E-state index in [0.29, 0.717) is 49.8 Å². The molecule has 1 fully saturated rings. The fraction of sp³-hybridized carbons (Fsp3) is 0.333. The van der Waals surface area contributed by atoms with Gasteiger partial charge in [-0.25, -0.2) is 18.7 Å². The second kappa shape index (κ2) is 7.96. The molecule has 0 aliphatic carbocycles. The zero-order chi connectivity index (χ0) is 22.4. The summed E-state index contributed by atoms with van der Waals surface area (Å²) in [5.41, 5.74) is 3.41. The Kier molecular flexibility index (Phi) is 4.79. The number of morpholine rings is 1. The predicted molar refractivity (Wildman–Crippen MR) is 118 cm³/mol. The van der Waals surface area contributed by atoms with E-state index in [2.05, 4.69) is 40.1 Å². The maximum Gasteiger partial charge on any atom is 0.231 e. The molecule has 12 heteroatoms. The molecule has 0 amide bonds. The zero-order valence-electron chi connectivity index (χ0n) is 17.6. The summed E-state index contributed by atoms with van der Waals surface area (Å²) in [6.45, 7) is 3.09. The van der Waals surface area contributed by atoms with Gasteiger partial charge in [0.25, 0.3) is 0 Å². The van der Waals surface area contributed by atoms with Gasteiger partial charge in [0.2, 0.25) is 5.95 Å². The molecule has 0 saturated carbocycles. The van der Waals surface area contributed by atoms with E-state index >= 15 is 0 Å². The van der Waals surface area contributed by atoms with Gasteiger partial charge in [0.05, 0.1) is 43.8 Å². The Morgan fingerprint density at radius 3 is 2.55 bits per heavy atom. The monoisotopic (exact) mass is 453 g/mol. The van der Waals surface area contributed by atoms with E-state index in [4.69, 9.17) is 4.74 Å². The molecule has 3 aromatic heterocycles. The molecule has 1 saturated heterocycles. The molecular weight excluding hydrogens is 432 g/mol. The van der Waals surface area contributed by atoms with Gasteiger partial charge in [0.1, 0.15) is 11.2 Å². The number of benzene rings is 1. The summed E-state index contributed by atoms with van der Waals surface area (Å²) in [6, 6.07) is 2.51. The van der Waals surface area contributed by atoms with E-state index in [-0.39, 0.29) is 17.3 Å². The summed E-state index contributed by atoms with van der Waals surface area (Å²) in [7, 11) is 0. The molecule has 0 unspecified atom stereocenters. The third kappa shape index (κ3) is 3.61. The number of halogens is 2. The SMILES string of the molecule is Fc1cc(Nc2nc(N3CCc4nc[nH]c4C3)c3[nH]cnc3n2)cc(F)c1N1CCOCC1. The number of ether oxygens (including phenoxy) is 1. The maximum absolute atomic E-state index is 14.8. The number of aromatic amines is 2. The second-order valence-electron chi connectivity index (χ2n) is 7.98. The third-order valence-corrected chi connectivity index (χ3v) is 5.94. The summed E-state index contributed by atoms with van der Waals surface area (Å²) >= 11 is 0. The van der Waals surface area contributed by atoms with Gasteiger partial charge < -0.3 is 29.8 Å². The molecule has 3 N–H and O–H groups in total. The van der Waals surface area contributed by atoms with E-state index in [1.807, 2.05) is 0 Å². The van der Waals surface area contributed by atoms with Gasteiger partial charge in [-0.1, -0.05) is 0 Å². The van der Waals surface area contributed by atoms with Crippen molar-refractivity contribution in [2.24, 2.45) is 0 Å². The molecule has 5 heterocycles. The highest BCUT2D eigenvalue weighted by Gasteiger charge is 2.24. The van der Waals surface area contributed by atoms with Crippen LogP contribution in [0.5, 0.6) is 0 Å². The lowest BCUT2D eigenvalue weighted by Crippen LogP contribution is -2.37. The first-order valence-electron chi connectivity index (χ1n) is 10.7. The molecule has 170 valence electrons. The number of hydrogen-bond acceptors (Lipinski definition) is 8. The average molecular weight is 453 g/mol. The minimum absolute atomic E-state index is 0.0445. The molecule has 0 radical (unpaired) electrons. The summed E-state index contributed by atoms with van der Waals surface area (Å²) in [6.07, 6.45) is 4.02. The molecule has 4 aromatic rings. The van der Waals surface area contributed by atoms with Crippen LogP contribution in [0.4, 0.5) is 31.9 Å². The third-order valence-electron chi connectivity index (χ3n) is 5.94. The smallest absolute Gasteiger partial charge is 0.231 e. The molecule has 0 bridgehead atoms. The number of hydrogen-bond donors (Lipinski definition) is 3. The van der Waals surface area contributed by atoms with Crippen LogP contribution >= 0.6 is 0 Å². The van der Waals surface area contributed by atoms with Crippen molar-refractivity contribution >= 4 is 34.3 Å². The Balaban J connectivity index is 1.31. The van der Waals surface area contributed by atoms with Crippen LogP contribution < -0.4 is 15.1 Å². The van der Waals surface area contributed by atoms with E-state index in [0.717, 1.165) is 24.4 Å². The van der Waals surface area contributed by atoms with Crippen LogP contribution in [0, 0.1) is 11.6 Å². The first kappa shape index (κ1) is 19.9. The maximum atomic E-state index is 14.8. The Morgan fingerprint density at radius 2 is 1.73 bits per heavy atom. The van der Waals surface area contributed by atoms with Gasteiger partial charge >= 0.3 is 0 Å². The molecule has 2 aliphatic rings. The van der Waals surface area contributed by atoms with Gasteiger partial charge in [0, 0.05) is 31.7 Å². The van der Waals surface area contributed by atoms with Gasteiger partial charge in [-0.15, -0.1) is 0 Å². The van der Waals surface area contributed by atoms with Crippen molar-refractivity contribution in [3.63, 3.8) is 0 Å². The lowest BCUT2D eigenvalue weighted by molar-refractivity contribution is 0.122. The van der Waals surface area contributed by atoms with Crippen LogP contribution in [0.25, 0.3) is 11.2 Å². The summed E-state index contributed by atoms with van der Waals surface area (Å²) in [4.78, 5) is 27.7. The molecule has 6 rings (SSSR count). The molecule has 33 heavy (non-hydrogen) atoms. The van der Waals surface area contributed by atoms with Gasteiger partial charge in [-0.3, -0.25) is 0 Å². The number of anilines is 4. The molecule has 0 atom stereocenters. The van der Waals surface area contributed by atoms with Gasteiger partial charge in [-0.2, -0.15) is 9.97 Å². The van der Waals surface area contributed by atoms with Crippen LogP contribution in [-0.4, -0.2) is 62.8 Å². The highest BCUT2D eigenvalue weighted by atomic mass is 19.1. The van der Waals surface area contributed by atoms with Gasteiger partial charge in [-0.05, 0) is 12.1 Å². The number of H-pyrrole nitrogens is 2. The van der Waals surface area contributed by atoms with Crippen LogP contribution in [0.1, 0.15) is 11.4 Å². The van der Waals surface area contributed by atoms with Crippen molar-refractivity contribution in [2.75, 3.05) is 48.0 Å². The number of nitrogens with zero attached hydrogens (tertiary/aromatic N) is 6. The highest BCUT2D eigenvalue weighted by molar-refractivity contribution is 5.85. The summed E-state index contributed by atoms with van der Waals surface area (Å²) in [5.74, 6) is -0.435. The Labute approximate surface area is 187 Å². The molecule has 1 aromatic carbocycles. The lowest BCUT2D eigenvalue weighted by Gasteiger charge is -2.29. The van der Waals surface area contributed by atoms with Crippen LogP contribution in [0.3, 0.4) is 0 Å². The fourth-order valence-corrected chi connectivity index (χ4v) is 4.35. The standard InChI is InChI=1S/C21H21F2N9O/c22-13-7-12(8-14(23)18(13)31-3-5-33-6-4-31)28-21-29-19-17(26-11-27-19)20(30-21)32-2-1-15-16(9-32)25-10-24-15/h7-8,10-11H,1-6,9H2,(H,24,25)(H2,26,27,28,29,30). The fourth-order valence-electron chi connectivity index (χ4n) is 4.35. The van der Waals surface area contributed by atoms with E-state index in [1.54, 1.807) is 17.6 Å². The minimum Gasteiger partial charge on any atom is -0.378 e. The number of rotatable bonds is 4. The van der Waals surface area contributed by atoms with Crippen molar-refractivity contribution in [1.29, 1.82) is 0 Å². The molecule has 2 aliphatic heterocycles. The Hall–Kier alpha value is -3.80. The topological polar surface area (TPSA) is 111 Å². The highest BCUT2D eigenvalue weighted by Crippen LogP contribution is 2.31. The number of aromatic nitrogens is 6. The Bertz CT molecular complexity index is 1290. The van der Waals surface area contributed by atoms with Crippen LogP contribution in [0.2, 0.25) is 0 Å². The summed E-state index contributed by atoms with van der Waals surface area (Å²) in [5, 5.41) is 2.95. The largest absolute Gasteiger partial charge is 0.378 e. The second-order valence-corrected chi connectivity index (χ2v) is 7.98. The number of imidazole rings is 2. The molecular formula is C21H21F2N9O. The minimum atomic E-state index is -0.650. The zero-order valence-corrected chi connectivity index (χ0v) is 17.6. The van der Waals surface area contributed by atoms with E-state index < -0.39 is 11.6 Å². The van der Waals surface area contributed by atoms with E-state index in [1.165, 1.54) is 12.1 Å². The first-order chi connectivity index (χ1) is 16.2. The van der Waals surface area contributed by atoms with Crippen molar-refractivity contribution in [3.05, 3.63) is 47.8 Å². The predicted octanol–water partition coefficient (Wildman–Crippen LogP) is 2.50. The average Bonchev–Trinajstić information content (AvgIpc) is 3.47. The number of fused-ring (bicyclic) bond motifs is 2.